The molecule has 0 saturated heterocycles. The third kappa shape index (κ3) is 2.87. The van der Waals surface area contributed by atoms with Gasteiger partial charge >= 0.3 is 5.97 Å². The molecule has 0 atom stereocenters. The predicted octanol–water partition coefficient (Wildman–Crippen LogP) is 3.84. The molecule has 2 aromatic rings. The Balaban J connectivity index is 2.39. The summed E-state index contributed by atoms with van der Waals surface area (Å²) < 4.78 is 18.8. The van der Waals surface area contributed by atoms with E-state index in [9.17, 15) is 9.18 Å². The minimum absolute atomic E-state index is 0.00546. The first-order valence-corrected chi connectivity index (χ1v) is 5.79. The topological polar surface area (TPSA) is 70.3 Å². The summed E-state index contributed by atoms with van der Waals surface area (Å²) in [5.74, 6) is -1.87. The smallest absolute Gasteiger partial charge is 0.339 e. The van der Waals surface area contributed by atoms with E-state index in [1.165, 1.54) is 30.3 Å². The highest BCUT2D eigenvalue weighted by Crippen LogP contribution is 2.29. The number of benzene rings is 2. The number of nitriles is 1. The minimum Gasteiger partial charge on any atom is -0.478 e. The number of carboxylic acid groups (broad SMARTS) is 1. The second kappa shape index (κ2) is 5.59. The number of hydrogen-bond donors (Lipinski definition) is 1. The molecule has 0 spiro atoms. The zero-order chi connectivity index (χ0) is 14.7. The highest BCUT2D eigenvalue weighted by molar-refractivity contribution is 6.30. The highest BCUT2D eigenvalue weighted by Gasteiger charge is 2.13. The summed E-state index contributed by atoms with van der Waals surface area (Å²) in [6, 6.07) is 9.33. The summed E-state index contributed by atoms with van der Waals surface area (Å²) in [6.07, 6.45) is 0. The molecule has 2 rings (SSSR count). The van der Waals surface area contributed by atoms with Crippen molar-refractivity contribution in [3.63, 3.8) is 0 Å². The van der Waals surface area contributed by atoms with Crippen molar-refractivity contribution < 1.29 is 19.0 Å². The number of rotatable bonds is 3. The molecule has 0 bridgehead atoms. The van der Waals surface area contributed by atoms with Crippen molar-refractivity contribution in [2.45, 2.75) is 0 Å². The van der Waals surface area contributed by atoms with Gasteiger partial charge in [0, 0.05) is 17.2 Å². The predicted molar refractivity (Wildman–Crippen MR) is 69.6 cm³/mol. The fourth-order valence-corrected chi connectivity index (χ4v) is 1.70. The Hall–Kier alpha value is -2.58. The van der Waals surface area contributed by atoms with E-state index in [4.69, 9.17) is 26.7 Å². The lowest BCUT2D eigenvalue weighted by Crippen LogP contribution is -2.00. The number of carbonyl (C=O) groups is 1. The summed E-state index contributed by atoms with van der Waals surface area (Å²) >= 11 is 5.78. The lowest BCUT2D eigenvalue weighted by molar-refractivity contribution is 0.0694. The van der Waals surface area contributed by atoms with Crippen molar-refractivity contribution in [2.75, 3.05) is 0 Å². The van der Waals surface area contributed by atoms with Gasteiger partial charge in [0.1, 0.15) is 28.9 Å². The van der Waals surface area contributed by atoms with Gasteiger partial charge in [0.05, 0.1) is 5.56 Å². The molecule has 0 aliphatic rings. The number of nitrogens with zero attached hydrogens (tertiary/aromatic N) is 1. The van der Waals surface area contributed by atoms with Crippen molar-refractivity contribution in [3.8, 4) is 17.6 Å². The normalized spacial score (nSPS) is 9.85. The zero-order valence-electron chi connectivity index (χ0n) is 9.93. The van der Waals surface area contributed by atoms with Crippen molar-refractivity contribution in [1.29, 1.82) is 5.26 Å². The molecule has 0 fully saturated rings. The molecular weight excluding hydrogens is 285 g/mol. The molecule has 0 aromatic heterocycles. The molecule has 4 nitrogen and oxygen atoms in total. The van der Waals surface area contributed by atoms with E-state index in [-0.39, 0.29) is 22.6 Å². The Bertz CT molecular complexity index is 725. The molecule has 1 N–H and O–H groups in total. The first-order valence-electron chi connectivity index (χ1n) is 5.41. The van der Waals surface area contributed by atoms with Gasteiger partial charge < -0.3 is 9.84 Å². The SMILES string of the molecule is N#Cc1ccc(Oc2cc(Cl)ccc2C(=O)O)cc1F. The molecule has 100 valence electrons. The fourth-order valence-electron chi connectivity index (χ4n) is 1.53. The van der Waals surface area contributed by atoms with Crippen LogP contribution >= 0.6 is 11.6 Å². The largest absolute Gasteiger partial charge is 0.478 e. The standard InChI is InChI=1S/C14H7ClFNO3/c15-9-2-4-11(14(18)19)13(5-9)20-10-3-1-8(7-17)12(16)6-10/h1-6H,(H,18,19). The average Bonchev–Trinajstić information content (AvgIpc) is 2.38. The summed E-state index contributed by atoms with van der Waals surface area (Å²) in [5, 5.41) is 17.9. The van der Waals surface area contributed by atoms with Gasteiger partial charge in [-0.05, 0) is 24.3 Å². The van der Waals surface area contributed by atoms with E-state index < -0.39 is 11.8 Å². The van der Waals surface area contributed by atoms with Crippen LogP contribution in [0.4, 0.5) is 4.39 Å². The van der Waals surface area contributed by atoms with Crippen LogP contribution in [-0.4, -0.2) is 11.1 Å². The fraction of sp³-hybridized carbons (Fsp3) is 0. The van der Waals surface area contributed by atoms with E-state index in [1.54, 1.807) is 6.07 Å². The third-order valence-corrected chi connectivity index (χ3v) is 2.70. The molecule has 0 aliphatic carbocycles. The Kier molecular flexibility index (Phi) is 3.87. The molecule has 0 amide bonds. The van der Waals surface area contributed by atoms with Crippen molar-refractivity contribution in [3.05, 3.63) is 58.4 Å². The quantitative estimate of drug-likeness (QED) is 0.932. The molecule has 0 aliphatic heterocycles. The Labute approximate surface area is 118 Å². The van der Waals surface area contributed by atoms with Gasteiger partial charge in [-0.15, -0.1) is 0 Å². The second-order valence-electron chi connectivity index (χ2n) is 3.80. The summed E-state index contributed by atoms with van der Waals surface area (Å²) in [7, 11) is 0. The number of hydrogen-bond acceptors (Lipinski definition) is 3. The van der Waals surface area contributed by atoms with Gasteiger partial charge in [-0.3, -0.25) is 0 Å². The van der Waals surface area contributed by atoms with Crippen LogP contribution in [0.15, 0.2) is 36.4 Å². The third-order valence-electron chi connectivity index (χ3n) is 2.46. The molecule has 2 aromatic carbocycles. The summed E-state index contributed by atoms with van der Waals surface area (Å²) in [6.45, 7) is 0. The molecule has 0 saturated carbocycles. The van der Waals surface area contributed by atoms with Crippen LogP contribution in [0, 0.1) is 17.1 Å². The lowest BCUT2D eigenvalue weighted by Gasteiger charge is -2.09. The number of halogens is 2. The monoisotopic (exact) mass is 291 g/mol. The van der Waals surface area contributed by atoms with E-state index in [0.29, 0.717) is 5.02 Å². The van der Waals surface area contributed by atoms with Crippen molar-refractivity contribution >= 4 is 17.6 Å². The number of ether oxygens (including phenoxy) is 1. The van der Waals surface area contributed by atoms with Crippen LogP contribution in [0.1, 0.15) is 15.9 Å². The van der Waals surface area contributed by atoms with Gasteiger partial charge in [0.25, 0.3) is 0 Å². The number of aromatic carboxylic acids is 1. The number of carboxylic acids is 1. The minimum atomic E-state index is -1.19. The molecule has 6 heteroatoms. The van der Waals surface area contributed by atoms with Crippen LogP contribution in [0.25, 0.3) is 0 Å². The van der Waals surface area contributed by atoms with Gasteiger partial charge in [-0.1, -0.05) is 11.6 Å². The van der Waals surface area contributed by atoms with Gasteiger partial charge in [-0.2, -0.15) is 5.26 Å². The lowest BCUT2D eigenvalue weighted by atomic mass is 10.2. The Morgan fingerprint density at radius 3 is 2.65 bits per heavy atom. The van der Waals surface area contributed by atoms with Crippen LogP contribution < -0.4 is 4.74 Å². The molecule has 0 heterocycles. The van der Waals surface area contributed by atoms with Crippen molar-refractivity contribution in [2.24, 2.45) is 0 Å². The Morgan fingerprint density at radius 2 is 2.05 bits per heavy atom. The van der Waals surface area contributed by atoms with E-state index in [2.05, 4.69) is 0 Å². The summed E-state index contributed by atoms with van der Waals surface area (Å²) in [4.78, 5) is 11.1. The first kappa shape index (κ1) is 13.8. The second-order valence-corrected chi connectivity index (χ2v) is 4.24. The average molecular weight is 292 g/mol. The van der Waals surface area contributed by atoms with Crippen LogP contribution in [0.5, 0.6) is 11.5 Å². The van der Waals surface area contributed by atoms with Crippen molar-refractivity contribution in [1.82, 2.24) is 0 Å². The Morgan fingerprint density at radius 1 is 1.30 bits per heavy atom. The first-order chi connectivity index (χ1) is 9.51. The van der Waals surface area contributed by atoms with E-state index >= 15 is 0 Å². The van der Waals surface area contributed by atoms with Gasteiger partial charge in [0.2, 0.25) is 0 Å². The maximum absolute atomic E-state index is 13.4. The molecule has 20 heavy (non-hydrogen) atoms. The van der Waals surface area contributed by atoms with Crippen LogP contribution in [0.3, 0.4) is 0 Å². The highest BCUT2D eigenvalue weighted by atomic mass is 35.5. The maximum atomic E-state index is 13.4. The zero-order valence-corrected chi connectivity index (χ0v) is 10.7. The summed E-state index contributed by atoms with van der Waals surface area (Å²) in [5.41, 5.74) is -0.221. The van der Waals surface area contributed by atoms with E-state index in [0.717, 1.165) is 6.07 Å². The molecular formula is C14H7ClFNO3. The van der Waals surface area contributed by atoms with Gasteiger partial charge in [-0.25, -0.2) is 9.18 Å². The van der Waals surface area contributed by atoms with Gasteiger partial charge in [0.15, 0.2) is 0 Å². The van der Waals surface area contributed by atoms with Crippen LogP contribution in [0.2, 0.25) is 5.02 Å². The van der Waals surface area contributed by atoms with E-state index in [1.807, 2.05) is 0 Å². The van der Waals surface area contributed by atoms with Crippen LogP contribution in [-0.2, 0) is 0 Å². The molecule has 0 unspecified atom stereocenters. The molecule has 0 radical (unpaired) electrons. The maximum Gasteiger partial charge on any atom is 0.339 e.